The highest BCUT2D eigenvalue weighted by molar-refractivity contribution is 8.56. The Labute approximate surface area is 725 Å². The van der Waals surface area contributed by atoms with E-state index in [0.717, 1.165) is 49.5 Å². The number of fused-ring (bicyclic) bond motifs is 3. The van der Waals surface area contributed by atoms with Crippen molar-refractivity contribution in [3.8, 4) is 17.6 Å². The van der Waals surface area contributed by atoms with E-state index in [4.69, 9.17) is 73.4 Å². The lowest BCUT2D eigenvalue weighted by Crippen LogP contribution is -2.44. The summed E-state index contributed by atoms with van der Waals surface area (Å²) in [6, 6.07) is 6.26. The molecule has 0 bridgehead atoms. The van der Waals surface area contributed by atoms with Crippen LogP contribution in [0.3, 0.4) is 0 Å². The molecule has 15 N–H and O–H groups in total. The highest BCUT2D eigenvalue weighted by atomic mass is 32.7. The first-order valence-electron chi connectivity index (χ1n) is 38.8. The summed E-state index contributed by atoms with van der Waals surface area (Å²) in [4.78, 5) is 125. The maximum absolute atomic E-state index is 14.0. The van der Waals surface area contributed by atoms with Crippen molar-refractivity contribution in [1.29, 1.82) is 0 Å². The number of aromatic nitrogens is 12. The van der Waals surface area contributed by atoms with Gasteiger partial charge in [-0.1, -0.05) is 64.5 Å². The van der Waals surface area contributed by atoms with Gasteiger partial charge in [-0.3, -0.25) is 70.8 Å². The van der Waals surface area contributed by atoms with Gasteiger partial charge in [0.25, 0.3) is 0 Å². The number of imidazole rings is 3. The third-order valence-electron chi connectivity index (χ3n) is 20.5. The van der Waals surface area contributed by atoms with E-state index >= 15 is 0 Å². The van der Waals surface area contributed by atoms with E-state index in [9.17, 15) is 77.9 Å². The van der Waals surface area contributed by atoms with E-state index in [0.29, 0.717) is 12.2 Å². The van der Waals surface area contributed by atoms with E-state index in [2.05, 4.69) is 60.1 Å². The molecule has 13 rings (SSSR count). The first kappa shape index (κ1) is 97.1. The monoisotopic (exact) mass is 1870 g/mol. The van der Waals surface area contributed by atoms with Gasteiger partial charge in [-0.05, 0) is 74.3 Å². The number of amides is 4. The lowest BCUT2D eigenvalue weighted by atomic mass is 9.96. The lowest BCUT2D eigenvalue weighted by molar-refractivity contribution is -0.149. The van der Waals surface area contributed by atoms with Gasteiger partial charge in [-0.2, -0.15) is 29.9 Å². The van der Waals surface area contributed by atoms with Crippen LogP contribution in [0.4, 0.5) is 17.8 Å². The van der Waals surface area contributed by atoms with Crippen LogP contribution in [0.5, 0.6) is 17.6 Å². The number of benzene rings is 1. The van der Waals surface area contributed by atoms with Crippen LogP contribution >= 0.6 is 54.3 Å². The highest BCUT2D eigenvalue weighted by Crippen LogP contribution is 2.61. The average molecular weight is 1870 g/mol. The van der Waals surface area contributed by atoms with Gasteiger partial charge in [-0.25, -0.2) is 30.2 Å². The zero-order valence-electron chi connectivity index (χ0n) is 70.2. The number of aliphatic hydroxyl groups is 6. The molecule has 0 radical (unpaired) electrons. The van der Waals surface area contributed by atoms with Crippen LogP contribution in [0, 0.1) is 11.8 Å². The maximum Gasteiger partial charge on any atom is 0.327 e. The molecular formula is C71H101N20O28P3S3. The number of ether oxygens (including phenoxy) is 9. The summed E-state index contributed by atoms with van der Waals surface area (Å²) < 4.78 is 112. The first-order valence-corrected chi connectivity index (χ1v) is 48.4. The molecule has 0 aliphatic carbocycles. The molecule has 54 heteroatoms. The van der Waals surface area contributed by atoms with Crippen molar-refractivity contribution in [2.45, 2.75) is 191 Å². The molecule has 12 heterocycles. The number of aliphatic hydroxyl groups excluding tert-OH is 3. The number of rotatable bonds is 32. The molecule has 6 saturated heterocycles. The molecule has 6 aromatic heterocycles. The Morgan fingerprint density at radius 3 is 1.30 bits per heavy atom. The first-order chi connectivity index (χ1) is 58.8. The largest absolute Gasteiger partial charge is 0.479 e. The van der Waals surface area contributed by atoms with Crippen molar-refractivity contribution in [1.82, 2.24) is 83.6 Å². The van der Waals surface area contributed by atoms with Gasteiger partial charge in [0, 0.05) is 44.2 Å². The summed E-state index contributed by atoms with van der Waals surface area (Å²) in [5, 5.41) is 74.7. The normalized spacial score (nSPS) is 28.9. The number of imide groups is 2. The summed E-state index contributed by atoms with van der Waals surface area (Å²) in [5.41, 5.74) is 13.9. The van der Waals surface area contributed by atoms with Crippen LogP contribution in [0.1, 0.15) is 106 Å². The van der Waals surface area contributed by atoms with Crippen LogP contribution in [0.15, 0.2) is 49.3 Å². The van der Waals surface area contributed by atoms with Crippen molar-refractivity contribution in [2.75, 3.05) is 89.7 Å². The van der Waals surface area contributed by atoms with Crippen LogP contribution in [0.25, 0.3) is 33.5 Å². The maximum atomic E-state index is 14.0. The number of esters is 3. The van der Waals surface area contributed by atoms with E-state index in [1.807, 2.05) is 30.3 Å². The van der Waals surface area contributed by atoms with Crippen molar-refractivity contribution in [3.05, 3.63) is 54.9 Å². The molecule has 48 nitrogen and oxygen atoms in total. The van der Waals surface area contributed by atoms with Crippen molar-refractivity contribution < 1.29 is 134 Å². The SMILES string of the molecule is COc1nc(N)nc2c1ncn2C1O[C@H](CO[P@@](=O)(N[C@@H](C)C(=O)OC(C)C)SCC2CC(=O)N(C)C2=O)[C@@H](O)[C@@]1(C)O.COc1nc(N)nc2c1ncn2C1O[C@H](CO[P@](=O)(N[C@@H](C)C(=O)OC(C)C)SCC2CC(=O)N(C)C2=O)[C@@H](O)[C@@]1(C)O.COc1nc(N)nc2c1ncn2[C@@H]1O[C@H](COP2(=O)NC(C(=O)OCc3ccccc3)CCS2)[C@@H](O)[C@@]1(C)O. The van der Waals surface area contributed by atoms with Gasteiger partial charge < -0.3 is 104 Å². The number of nitrogens with two attached hydrogens (primary N) is 3. The number of nitrogens with zero attached hydrogens (tertiary/aromatic N) is 14. The highest BCUT2D eigenvalue weighted by Gasteiger charge is 2.58. The molecule has 20 atom stereocenters. The van der Waals surface area contributed by atoms with Gasteiger partial charge in [0.1, 0.15) is 78.2 Å². The van der Waals surface area contributed by atoms with Crippen LogP contribution in [0.2, 0.25) is 0 Å². The number of carbonyl (C=O) groups is 7. The molecular weight excluding hydrogens is 1770 g/mol. The van der Waals surface area contributed by atoms with Gasteiger partial charge in [0.05, 0.1) is 84.2 Å². The zero-order chi connectivity index (χ0) is 91.5. The fourth-order valence-corrected chi connectivity index (χ4v) is 25.6. The predicted octanol–water partition coefficient (Wildman–Crippen LogP) is 1.83. The van der Waals surface area contributed by atoms with E-state index in [1.54, 1.807) is 27.7 Å². The number of likely N-dealkylation sites (tertiary alicyclic amines) is 2. The molecule has 6 aliphatic rings. The van der Waals surface area contributed by atoms with Crippen molar-refractivity contribution in [2.24, 2.45) is 11.8 Å². The fraction of sp³-hybridized carbons (Fsp3) is 0.606. The van der Waals surface area contributed by atoms with Gasteiger partial charge in [0.15, 0.2) is 52.2 Å². The van der Waals surface area contributed by atoms with Gasteiger partial charge >= 0.3 is 38.1 Å². The van der Waals surface area contributed by atoms with Gasteiger partial charge in [0.2, 0.25) is 59.1 Å². The Morgan fingerprint density at radius 1 is 0.600 bits per heavy atom. The summed E-state index contributed by atoms with van der Waals surface area (Å²) in [6.07, 6.45) is -8.18. The predicted molar refractivity (Wildman–Crippen MR) is 446 cm³/mol. The third kappa shape index (κ3) is 21.8. The minimum Gasteiger partial charge on any atom is -0.479 e. The number of hydrogen-bond acceptors (Lipinski definition) is 43. The smallest absolute Gasteiger partial charge is 0.327 e. The minimum atomic E-state index is -4.01. The molecule has 4 amide bonds. The number of carbonyl (C=O) groups excluding carboxylic acids is 7. The van der Waals surface area contributed by atoms with Gasteiger partial charge in [-0.15, -0.1) is 0 Å². The fourth-order valence-electron chi connectivity index (χ4n) is 13.7. The summed E-state index contributed by atoms with van der Waals surface area (Å²) in [6.45, 7) is 0.791. The quantitative estimate of drug-likeness (QED) is 0.0124. The number of anilines is 3. The number of nitrogens with one attached hydrogen (secondary N) is 3. The van der Waals surface area contributed by atoms with Crippen molar-refractivity contribution in [3.63, 3.8) is 0 Å². The molecule has 0 spiro atoms. The van der Waals surface area contributed by atoms with Crippen LogP contribution in [-0.2, 0) is 95.9 Å². The summed E-state index contributed by atoms with van der Waals surface area (Å²) in [5.74, 6) is -4.62. The Hall–Kier alpha value is -8.50. The average Bonchev–Trinajstić information content (AvgIpc) is 1.60. The minimum absolute atomic E-state index is 0.0520. The number of hydrogen-bond donors (Lipinski definition) is 12. The molecule has 686 valence electrons. The van der Waals surface area contributed by atoms with E-state index < -0.39 is 177 Å². The zero-order valence-corrected chi connectivity index (χ0v) is 75.3. The molecule has 6 unspecified atom stereocenters. The lowest BCUT2D eigenvalue weighted by Gasteiger charge is -2.29. The Bertz CT molecular complexity index is 5060. The molecule has 6 aliphatic heterocycles. The summed E-state index contributed by atoms with van der Waals surface area (Å²) in [7, 11) is 6.91. The van der Waals surface area contributed by atoms with Crippen LogP contribution in [-0.4, -0.2) is 297 Å². The standard InChI is InChI=1S/2C24H36N7O10PS.C23H29N6O8PS/c2*1-11(2)40-21(35)12(3)29-42(37,43-9-13-7-15(32)30(5)20(13)34)39-8-14-17(33)24(4,36)22(41-14)31-10-26-16-18(31)27-23(25)28-19(16)38-6;1-23(32)17(30)15(37-21(23)29-12-25-16-18(29)26-22(24)27-19(16)34-2)11-36-38(33)28-14(8-9-39-38)20(31)35-10-13-6-4-3-5-7-13/h2*10-14,17,22,33,36H,7-9H2,1-6H3,(H,29,37)(H2,25,27,28);3-7,12,14-15,17,21,30,32H,8-11H2,1-2H3,(H,28,33)(H2,24,26,27)/t12-,13?,14+,17+,22?,24+,42+;12-,13?,14+,17+,22?,24+,42-;14?,15-,17-,21-,23-,38?/m001/s1. The molecule has 6 fully saturated rings. The number of nitrogen functional groups attached to an aromatic ring is 3. The third-order valence-corrected chi connectivity index (χ3v) is 32.9. The van der Waals surface area contributed by atoms with E-state index in [1.165, 1.54) is 103 Å². The Balaban J connectivity index is 0.000000182. The summed E-state index contributed by atoms with van der Waals surface area (Å²) >= 11 is 2.53. The number of methoxy groups -OCH3 is 3. The molecule has 0 saturated carbocycles. The van der Waals surface area contributed by atoms with E-state index in [-0.39, 0.29) is 118 Å². The molecule has 7 aromatic rings. The second-order valence-corrected chi connectivity index (χ2v) is 43.8. The molecule has 125 heavy (non-hydrogen) atoms. The second kappa shape index (κ2) is 39.6. The Morgan fingerprint density at radius 2 is 0.960 bits per heavy atom. The van der Waals surface area contributed by atoms with Crippen molar-refractivity contribution >= 4 is 147 Å². The Kier molecular flexibility index (Phi) is 30.8. The topological polar surface area (TPSA) is 654 Å². The second-order valence-electron chi connectivity index (χ2n) is 30.8. The van der Waals surface area contributed by atoms with Crippen LogP contribution < -0.4 is 46.7 Å². The molecule has 1 aromatic carbocycles.